The Labute approximate surface area is 231 Å². The molecule has 0 aromatic heterocycles. The average molecular weight is 539 g/mol. The summed E-state index contributed by atoms with van der Waals surface area (Å²) in [6.07, 6.45) is 22.9. The summed E-state index contributed by atoms with van der Waals surface area (Å²) < 4.78 is 0. The second-order valence-electron chi connectivity index (χ2n) is 13.9. The van der Waals surface area contributed by atoms with Crippen LogP contribution in [0.15, 0.2) is 0 Å². The van der Waals surface area contributed by atoms with E-state index in [1.165, 1.54) is 12.8 Å². The molecule has 0 bridgehead atoms. The lowest BCUT2D eigenvalue weighted by molar-refractivity contribution is -0.399. The van der Waals surface area contributed by atoms with Crippen LogP contribution < -0.4 is 0 Å². The first-order valence-corrected chi connectivity index (χ1v) is 16.5. The highest BCUT2D eigenvalue weighted by Gasteiger charge is 2.44. The number of aliphatic hydroxyl groups is 4. The predicted octanol–water partition coefficient (Wildman–Crippen LogP) is 6.79. The normalized spacial score (nSPS) is 28.4. The van der Waals surface area contributed by atoms with Gasteiger partial charge in [0.25, 0.3) is 0 Å². The zero-order valence-corrected chi connectivity index (χ0v) is 24.1. The maximum atomic E-state index is 11.6. The first kappa shape index (κ1) is 30.7. The molecule has 6 nitrogen and oxygen atoms in total. The fourth-order valence-corrected chi connectivity index (χ4v) is 8.07. The van der Waals surface area contributed by atoms with E-state index in [1.54, 1.807) is 0 Å². The smallest absolute Gasteiger partial charge is 0.122 e. The highest BCUT2D eigenvalue weighted by molar-refractivity contribution is 4.93. The Morgan fingerprint density at radius 2 is 0.711 bits per heavy atom. The van der Waals surface area contributed by atoms with Gasteiger partial charge in [0.15, 0.2) is 0 Å². The van der Waals surface area contributed by atoms with E-state index in [-0.39, 0.29) is 0 Å². The summed E-state index contributed by atoms with van der Waals surface area (Å²) in [7, 11) is 0. The molecule has 38 heavy (non-hydrogen) atoms. The highest BCUT2D eigenvalue weighted by atomic mass is 17.2. The summed E-state index contributed by atoms with van der Waals surface area (Å²) >= 11 is 0. The van der Waals surface area contributed by atoms with E-state index in [9.17, 15) is 20.4 Å². The van der Waals surface area contributed by atoms with Crippen LogP contribution >= 0.6 is 0 Å². The zero-order valence-electron chi connectivity index (χ0n) is 24.1. The minimum Gasteiger partial charge on any atom is -0.390 e. The zero-order chi connectivity index (χ0) is 27.0. The van der Waals surface area contributed by atoms with E-state index in [2.05, 4.69) is 0 Å². The molecule has 2 unspecified atom stereocenters. The van der Waals surface area contributed by atoms with E-state index in [0.717, 1.165) is 116 Å². The van der Waals surface area contributed by atoms with Crippen molar-refractivity contribution in [3.05, 3.63) is 0 Å². The van der Waals surface area contributed by atoms with Gasteiger partial charge in [-0.25, -0.2) is 9.78 Å². The lowest BCUT2D eigenvalue weighted by Crippen LogP contribution is -2.50. The average Bonchev–Trinajstić information content (AvgIpc) is 2.91. The molecule has 2 atom stereocenters. The van der Waals surface area contributed by atoms with Crippen molar-refractivity contribution in [3.8, 4) is 0 Å². The third-order valence-electron chi connectivity index (χ3n) is 10.7. The Morgan fingerprint density at radius 1 is 0.421 bits per heavy atom. The van der Waals surface area contributed by atoms with Crippen LogP contribution in [0.1, 0.15) is 167 Å². The van der Waals surface area contributed by atoms with Gasteiger partial charge in [0.1, 0.15) is 12.2 Å². The Balaban J connectivity index is 1.38. The van der Waals surface area contributed by atoms with E-state index in [4.69, 9.17) is 9.78 Å². The fourth-order valence-electron chi connectivity index (χ4n) is 8.07. The molecule has 4 rings (SSSR count). The van der Waals surface area contributed by atoms with Gasteiger partial charge in [0, 0.05) is 0 Å². The topological polar surface area (TPSA) is 99.4 Å². The number of rotatable bonds is 13. The third-order valence-corrected chi connectivity index (χ3v) is 10.7. The molecule has 0 amide bonds. The molecule has 6 heteroatoms. The quantitative estimate of drug-likeness (QED) is 0.152. The summed E-state index contributed by atoms with van der Waals surface area (Å²) in [6, 6.07) is 0. The van der Waals surface area contributed by atoms with Crippen LogP contribution in [-0.4, -0.2) is 55.0 Å². The first-order valence-electron chi connectivity index (χ1n) is 16.5. The van der Waals surface area contributed by atoms with E-state index < -0.39 is 34.6 Å². The van der Waals surface area contributed by atoms with Gasteiger partial charge in [-0.2, -0.15) is 0 Å². The second kappa shape index (κ2) is 14.1. The maximum Gasteiger partial charge on any atom is 0.122 e. The van der Waals surface area contributed by atoms with Crippen molar-refractivity contribution in [2.24, 2.45) is 0 Å². The van der Waals surface area contributed by atoms with Crippen molar-refractivity contribution < 1.29 is 30.2 Å². The van der Waals surface area contributed by atoms with Gasteiger partial charge in [-0.05, 0) is 89.9 Å². The molecule has 4 fully saturated rings. The second-order valence-corrected chi connectivity index (χ2v) is 13.9. The van der Waals surface area contributed by atoms with Crippen LogP contribution in [0.4, 0.5) is 0 Å². The summed E-state index contributed by atoms with van der Waals surface area (Å²) in [4.78, 5) is 12.4. The minimum absolute atomic E-state index is 0.452. The lowest BCUT2D eigenvalue weighted by atomic mass is 9.77. The largest absolute Gasteiger partial charge is 0.390 e. The molecule has 0 aromatic carbocycles. The molecular formula is C32H58O6. The molecule has 0 spiro atoms. The van der Waals surface area contributed by atoms with Crippen LogP contribution in [0.3, 0.4) is 0 Å². The molecule has 222 valence electrons. The van der Waals surface area contributed by atoms with Gasteiger partial charge in [-0.15, -0.1) is 0 Å². The molecule has 0 saturated heterocycles. The maximum absolute atomic E-state index is 11.6. The number of hydrogen-bond donors (Lipinski definition) is 4. The molecule has 4 aliphatic rings. The number of hydrogen-bond acceptors (Lipinski definition) is 6. The molecule has 0 heterocycles. The van der Waals surface area contributed by atoms with Gasteiger partial charge < -0.3 is 20.4 Å². The van der Waals surface area contributed by atoms with Gasteiger partial charge in [-0.3, -0.25) is 0 Å². The molecule has 0 radical (unpaired) electrons. The first-order chi connectivity index (χ1) is 18.2. The van der Waals surface area contributed by atoms with Crippen LogP contribution in [0.5, 0.6) is 0 Å². The van der Waals surface area contributed by atoms with Crippen LogP contribution in [-0.2, 0) is 9.78 Å². The lowest BCUT2D eigenvalue weighted by Gasteiger charge is -2.42. The molecule has 0 aliphatic heterocycles. The van der Waals surface area contributed by atoms with E-state index >= 15 is 0 Å². The van der Waals surface area contributed by atoms with Crippen LogP contribution in [0.2, 0.25) is 0 Å². The SMILES string of the molecule is OC1(CCCC(OOC(CCCC2(O)CCCCC2)C2(O)CCCCC2)C2(O)CCCCC2)CCCCC1. The minimum atomic E-state index is -0.912. The van der Waals surface area contributed by atoms with Gasteiger partial charge >= 0.3 is 0 Å². The summed E-state index contributed by atoms with van der Waals surface area (Å²) in [5.74, 6) is 0. The van der Waals surface area contributed by atoms with E-state index in [1.807, 2.05) is 0 Å². The molecule has 0 aromatic rings. The summed E-state index contributed by atoms with van der Waals surface area (Å²) in [5, 5.41) is 45.3. The predicted molar refractivity (Wildman–Crippen MR) is 150 cm³/mol. The molecule has 4 aliphatic carbocycles. The van der Waals surface area contributed by atoms with Crippen molar-refractivity contribution in [2.75, 3.05) is 0 Å². The Kier molecular flexibility index (Phi) is 11.4. The van der Waals surface area contributed by atoms with Gasteiger partial charge in [0.2, 0.25) is 0 Å². The monoisotopic (exact) mass is 538 g/mol. The van der Waals surface area contributed by atoms with Crippen molar-refractivity contribution in [2.45, 2.75) is 202 Å². The van der Waals surface area contributed by atoms with Crippen LogP contribution in [0.25, 0.3) is 0 Å². The molecule has 4 saturated carbocycles. The standard InChI is InChI=1S/C32H58O6/c33-29(17-5-1-6-18-29)21-13-15-27(31(35)23-9-3-10-24-31)37-38-28(32(36)25-11-4-12-26-32)16-14-22-30(34)19-7-2-8-20-30/h27-28,33-36H,1-26H2. The Bertz CT molecular complexity index is 613. The van der Waals surface area contributed by atoms with Crippen molar-refractivity contribution >= 4 is 0 Å². The fraction of sp³-hybridized carbons (Fsp3) is 1.00. The van der Waals surface area contributed by atoms with Crippen molar-refractivity contribution in [1.82, 2.24) is 0 Å². The Hall–Kier alpha value is -0.240. The molecular weight excluding hydrogens is 480 g/mol. The Morgan fingerprint density at radius 3 is 1.03 bits per heavy atom. The van der Waals surface area contributed by atoms with Crippen molar-refractivity contribution in [1.29, 1.82) is 0 Å². The van der Waals surface area contributed by atoms with Gasteiger partial charge in [-0.1, -0.05) is 77.0 Å². The summed E-state index contributed by atoms with van der Waals surface area (Å²) in [5.41, 5.74) is -2.97. The van der Waals surface area contributed by atoms with Crippen molar-refractivity contribution in [3.63, 3.8) is 0 Å². The third kappa shape index (κ3) is 8.63. The highest BCUT2D eigenvalue weighted by Crippen LogP contribution is 2.40. The molecule has 4 N–H and O–H groups in total. The van der Waals surface area contributed by atoms with Crippen LogP contribution in [0, 0.1) is 0 Å². The van der Waals surface area contributed by atoms with Gasteiger partial charge in [0.05, 0.1) is 22.4 Å². The summed E-state index contributed by atoms with van der Waals surface area (Å²) in [6.45, 7) is 0. The van der Waals surface area contributed by atoms with E-state index in [0.29, 0.717) is 38.5 Å².